The number of aryl methyl sites for hydroxylation is 2. The van der Waals surface area contributed by atoms with Gasteiger partial charge in [-0.3, -0.25) is 14.5 Å². The van der Waals surface area contributed by atoms with Crippen molar-refractivity contribution in [1.29, 1.82) is 0 Å². The number of aliphatic hydroxyl groups excluding tert-OH is 1. The summed E-state index contributed by atoms with van der Waals surface area (Å²) in [5.41, 5.74) is 2.94. The van der Waals surface area contributed by atoms with Crippen LogP contribution in [0.2, 0.25) is 5.02 Å². The lowest BCUT2D eigenvalue weighted by atomic mass is 9.95. The van der Waals surface area contributed by atoms with Gasteiger partial charge in [0.15, 0.2) is 5.76 Å². The van der Waals surface area contributed by atoms with Gasteiger partial charge in [0.1, 0.15) is 5.75 Å². The van der Waals surface area contributed by atoms with E-state index in [-0.39, 0.29) is 16.3 Å². The fourth-order valence-electron chi connectivity index (χ4n) is 3.74. The minimum Gasteiger partial charge on any atom is -0.506 e. The molecule has 1 atom stereocenters. The SMILES string of the molecule is Cc1cc(C)cc(N2C(=O)C(O)=C(C(=O)c3cccs3)C2c2ccc(O)c(Cl)c2)c1. The number of phenols is 1. The van der Waals surface area contributed by atoms with Crippen molar-refractivity contribution in [2.24, 2.45) is 0 Å². The first kappa shape index (κ1) is 20.2. The lowest BCUT2D eigenvalue weighted by Gasteiger charge is -2.27. The summed E-state index contributed by atoms with van der Waals surface area (Å²) >= 11 is 7.36. The molecule has 2 aromatic carbocycles. The number of aliphatic hydroxyl groups is 1. The minimum absolute atomic E-state index is 0.0108. The van der Waals surface area contributed by atoms with Crippen LogP contribution in [-0.4, -0.2) is 21.9 Å². The molecule has 1 amide bonds. The quantitative estimate of drug-likeness (QED) is 0.525. The van der Waals surface area contributed by atoms with Crippen molar-refractivity contribution in [3.63, 3.8) is 0 Å². The van der Waals surface area contributed by atoms with Crippen LogP contribution in [0.3, 0.4) is 0 Å². The van der Waals surface area contributed by atoms with Crippen LogP contribution in [0.25, 0.3) is 0 Å². The Morgan fingerprint density at radius 2 is 1.77 bits per heavy atom. The summed E-state index contributed by atoms with van der Waals surface area (Å²) in [6.45, 7) is 3.82. The summed E-state index contributed by atoms with van der Waals surface area (Å²) in [4.78, 5) is 28.2. The predicted molar refractivity (Wildman–Crippen MR) is 118 cm³/mol. The lowest BCUT2D eigenvalue weighted by Crippen LogP contribution is -2.31. The van der Waals surface area contributed by atoms with E-state index in [2.05, 4.69) is 0 Å². The normalized spacial score (nSPS) is 16.4. The number of nitrogens with zero attached hydrogens (tertiary/aromatic N) is 1. The molecule has 2 heterocycles. The fraction of sp³-hybridized carbons (Fsp3) is 0.130. The van der Waals surface area contributed by atoms with Crippen LogP contribution in [0.5, 0.6) is 5.75 Å². The molecule has 1 aliphatic rings. The van der Waals surface area contributed by atoms with E-state index < -0.39 is 23.5 Å². The highest BCUT2D eigenvalue weighted by atomic mass is 35.5. The van der Waals surface area contributed by atoms with Crippen LogP contribution in [-0.2, 0) is 4.79 Å². The Bertz CT molecular complexity index is 1180. The third-order valence-electron chi connectivity index (χ3n) is 4.97. The Hall–Kier alpha value is -3.09. The highest BCUT2D eigenvalue weighted by Gasteiger charge is 2.45. The topological polar surface area (TPSA) is 77.8 Å². The number of Topliss-reactive ketones (excluding diaryl/α,β-unsaturated/α-hetero) is 1. The number of hydrogen-bond donors (Lipinski definition) is 2. The molecule has 152 valence electrons. The van der Waals surface area contributed by atoms with E-state index in [4.69, 9.17) is 11.6 Å². The molecule has 0 saturated heterocycles. The molecule has 3 aromatic rings. The number of rotatable bonds is 4. The van der Waals surface area contributed by atoms with E-state index in [1.54, 1.807) is 23.6 Å². The van der Waals surface area contributed by atoms with Gasteiger partial charge in [0.05, 0.1) is 21.5 Å². The molecule has 5 nitrogen and oxygen atoms in total. The third-order valence-corrected chi connectivity index (χ3v) is 6.14. The molecule has 0 saturated carbocycles. The largest absolute Gasteiger partial charge is 0.506 e. The molecule has 1 aromatic heterocycles. The van der Waals surface area contributed by atoms with Crippen LogP contribution in [0.1, 0.15) is 32.4 Å². The van der Waals surface area contributed by atoms with E-state index in [1.807, 2.05) is 32.0 Å². The monoisotopic (exact) mass is 439 g/mol. The van der Waals surface area contributed by atoms with Gasteiger partial charge in [-0.1, -0.05) is 29.8 Å². The van der Waals surface area contributed by atoms with Crippen molar-refractivity contribution >= 4 is 40.3 Å². The zero-order chi connectivity index (χ0) is 21.6. The van der Waals surface area contributed by atoms with E-state index >= 15 is 0 Å². The predicted octanol–water partition coefficient (Wildman–Crippen LogP) is 5.51. The Labute approximate surface area is 182 Å². The first-order chi connectivity index (χ1) is 14.3. The summed E-state index contributed by atoms with van der Waals surface area (Å²) in [5, 5.41) is 22.4. The first-order valence-corrected chi connectivity index (χ1v) is 10.5. The van der Waals surface area contributed by atoms with E-state index in [9.17, 15) is 19.8 Å². The van der Waals surface area contributed by atoms with Gasteiger partial charge in [-0.25, -0.2) is 0 Å². The maximum Gasteiger partial charge on any atom is 0.294 e. The van der Waals surface area contributed by atoms with Gasteiger partial charge in [0, 0.05) is 5.69 Å². The number of thiophene rings is 1. The van der Waals surface area contributed by atoms with Crippen LogP contribution >= 0.6 is 22.9 Å². The van der Waals surface area contributed by atoms with Gasteiger partial charge in [-0.05, 0) is 66.2 Å². The summed E-state index contributed by atoms with van der Waals surface area (Å²) in [6.07, 6.45) is 0. The molecule has 0 radical (unpaired) electrons. The molecule has 0 fully saturated rings. The second-order valence-electron chi connectivity index (χ2n) is 7.20. The molecule has 4 rings (SSSR count). The van der Waals surface area contributed by atoms with Crippen molar-refractivity contribution in [3.8, 4) is 5.75 Å². The average Bonchev–Trinajstić information content (AvgIpc) is 3.31. The van der Waals surface area contributed by atoms with Crippen LogP contribution in [0, 0.1) is 13.8 Å². The van der Waals surface area contributed by atoms with Crippen molar-refractivity contribution < 1.29 is 19.8 Å². The number of carbonyl (C=O) groups is 2. The summed E-state index contributed by atoms with van der Waals surface area (Å²) < 4.78 is 0. The minimum atomic E-state index is -0.883. The van der Waals surface area contributed by atoms with Crippen molar-refractivity contribution in [2.75, 3.05) is 4.90 Å². The second kappa shape index (κ2) is 7.63. The van der Waals surface area contributed by atoms with Gasteiger partial charge >= 0.3 is 0 Å². The van der Waals surface area contributed by atoms with E-state index in [0.29, 0.717) is 16.1 Å². The maximum atomic E-state index is 13.2. The van der Waals surface area contributed by atoms with Crippen LogP contribution in [0.4, 0.5) is 5.69 Å². The number of hydrogen-bond acceptors (Lipinski definition) is 5. The van der Waals surface area contributed by atoms with Crippen molar-refractivity contribution in [1.82, 2.24) is 0 Å². The first-order valence-electron chi connectivity index (χ1n) is 9.19. The molecule has 0 aliphatic carbocycles. The Morgan fingerprint density at radius 1 is 1.07 bits per heavy atom. The zero-order valence-corrected chi connectivity index (χ0v) is 17.8. The van der Waals surface area contributed by atoms with Crippen molar-refractivity contribution in [3.05, 3.63) is 91.8 Å². The number of halogens is 1. The molecule has 0 spiro atoms. The Kier molecular flexibility index (Phi) is 5.13. The molecule has 1 unspecified atom stereocenters. The third kappa shape index (κ3) is 3.38. The molecular formula is C23H18ClNO4S. The van der Waals surface area contributed by atoms with Gasteiger partial charge < -0.3 is 10.2 Å². The van der Waals surface area contributed by atoms with E-state index in [0.717, 1.165) is 11.1 Å². The average molecular weight is 440 g/mol. The number of benzene rings is 2. The summed E-state index contributed by atoms with van der Waals surface area (Å²) in [7, 11) is 0. The number of phenolic OH excluding ortho intramolecular Hbond substituents is 1. The molecule has 1 aliphatic heterocycles. The molecule has 0 bridgehead atoms. The highest BCUT2D eigenvalue weighted by Crippen LogP contribution is 2.44. The molecule has 2 N–H and O–H groups in total. The standard InChI is InChI=1S/C23H18ClNO4S/c1-12-8-13(2)10-15(9-12)25-20(14-5-6-17(26)16(24)11-14)19(22(28)23(25)29)21(27)18-4-3-7-30-18/h3-11,20,26,28H,1-2H3. The Balaban J connectivity index is 1.93. The molecular weight excluding hydrogens is 422 g/mol. The fourth-order valence-corrected chi connectivity index (χ4v) is 4.61. The number of amides is 1. The van der Waals surface area contributed by atoms with Crippen molar-refractivity contribution in [2.45, 2.75) is 19.9 Å². The smallest absolute Gasteiger partial charge is 0.294 e. The molecule has 30 heavy (non-hydrogen) atoms. The highest BCUT2D eigenvalue weighted by molar-refractivity contribution is 7.12. The summed E-state index contributed by atoms with van der Waals surface area (Å²) in [6, 6.07) is 12.6. The van der Waals surface area contributed by atoms with Crippen LogP contribution < -0.4 is 4.90 Å². The lowest BCUT2D eigenvalue weighted by molar-refractivity contribution is -0.117. The second-order valence-corrected chi connectivity index (χ2v) is 8.56. The number of aromatic hydroxyl groups is 1. The zero-order valence-electron chi connectivity index (χ0n) is 16.2. The number of ketones is 1. The van der Waals surface area contributed by atoms with Gasteiger partial charge in [0.2, 0.25) is 5.78 Å². The Morgan fingerprint density at radius 3 is 2.37 bits per heavy atom. The summed E-state index contributed by atoms with van der Waals surface area (Å²) in [5.74, 6) is -1.77. The molecule has 7 heteroatoms. The van der Waals surface area contributed by atoms with Gasteiger partial charge in [-0.2, -0.15) is 0 Å². The number of anilines is 1. The number of carbonyl (C=O) groups excluding carboxylic acids is 2. The van der Waals surface area contributed by atoms with Gasteiger partial charge in [0.25, 0.3) is 5.91 Å². The van der Waals surface area contributed by atoms with Gasteiger partial charge in [-0.15, -0.1) is 11.3 Å². The van der Waals surface area contributed by atoms with Crippen LogP contribution in [0.15, 0.2) is 65.2 Å². The van der Waals surface area contributed by atoms with E-state index in [1.165, 1.54) is 28.4 Å². The maximum absolute atomic E-state index is 13.2.